The van der Waals surface area contributed by atoms with Crippen LogP contribution in [0.3, 0.4) is 0 Å². The zero-order chi connectivity index (χ0) is 18.2. The molecule has 2 N–H and O–H groups in total. The van der Waals surface area contributed by atoms with E-state index in [1.807, 2.05) is 42.5 Å². The average Bonchev–Trinajstić information content (AvgIpc) is 3.10. The largest absolute Gasteiger partial charge is 0.454 e. The van der Waals surface area contributed by atoms with Gasteiger partial charge in [0.15, 0.2) is 11.5 Å². The number of allylic oxidation sites excluding steroid dienone is 2. The number of hydrogen-bond donors (Lipinski definition) is 2. The van der Waals surface area contributed by atoms with Gasteiger partial charge in [0.2, 0.25) is 12.7 Å². The second-order valence-electron chi connectivity index (χ2n) is 5.59. The predicted octanol–water partition coefficient (Wildman–Crippen LogP) is 3.87. The van der Waals surface area contributed by atoms with Gasteiger partial charge in [0.05, 0.1) is 6.54 Å². The lowest BCUT2D eigenvalue weighted by atomic mass is 10.2. The van der Waals surface area contributed by atoms with Gasteiger partial charge in [-0.3, -0.25) is 4.79 Å². The van der Waals surface area contributed by atoms with E-state index in [0.29, 0.717) is 11.6 Å². The molecule has 0 unspecified atom stereocenters. The SMILES string of the molecule is O=C(CNC/C=C/C=C/c1ccc2c(c1)OCO2)Nc1ccc(Cl)cc1. The molecule has 0 atom stereocenters. The zero-order valence-corrected chi connectivity index (χ0v) is 14.8. The fourth-order valence-corrected chi connectivity index (χ4v) is 2.46. The fourth-order valence-electron chi connectivity index (χ4n) is 2.34. The Morgan fingerprint density at radius 1 is 1.08 bits per heavy atom. The van der Waals surface area contributed by atoms with Gasteiger partial charge in [-0.15, -0.1) is 0 Å². The highest BCUT2D eigenvalue weighted by Gasteiger charge is 2.11. The molecule has 3 rings (SSSR count). The van der Waals surface area contributed by atoms with Gasteiger partial charge >= 0.3 is 0 Å². The summed E-state index contributed by atoms with van der Waals surface area (Å²) in [5.41, 5.74) is 1.76. The lowest BCUT2D eigenvalue weighted by molar-refractivity contribution is -0.115. The molecule has 0 aliphatic carbocycles. The van der Waals surface area contributed by atoms with Crippen molar-refractivity contribution in [2.45, 2.75) is 0 Å². The van der Waals surface area contributed by atoms with E-state index in [1.54, 1.807) is 24.3 Å². The Morgan fingerprint density at radius 2 is 1.88 bits per heavy atom. The second kappa shape index (κ2) is 9.08. The number of carbonyl (C=O) groups excluding carboxylic acids is 1. The first-order valence-electron chi connectivity index (χ1n) is 8.20. The van der Waals surface area contributed by atoms with Crippen LogP contribution in [0.1, 0.15) is 5.56 Å². The second-order valence-corrected chi connectivity index (χ2v) is 6.02. The minimum Gasteiger partial charge on any atom is -0.454 e. The van der Waals surface area contributed by atoms with Crippen molar-refractivity contribution in [3.63, 3.8) is 0 Å². The molecule has 0 saturated carbocycles. The molecule has 0 spiro atoms. The molecule has 0 bridgehead atoms. The van der Waals surface area contributed by atoms with E-state index >= 15 is 0 Å². The van der Waals surface area contributed by atoms with Crippen molar-refractivity contribution in [1.29, 1.82) is 0 Å². The van der Waals surface area contributed by atoms with E-state index in [1.165, 1.54) is 0 Å². The minimum atomic E-state index is -0.100. The summed E-state index contributed by atoms with van der Waals surface area (Å²) in [5, 5.41) is 6.49. The highest BCUT2D eigenvalue weighted by Crippen LogP contribution is 2.32. The smallest absolute Gasteiger partial charge is 0.238 e. The summed E-state index contributed by atoms with van der Waals surface area (Å²) in [6.45, 7) is 1.11. The summed E-state index contributed by atoms with van der Waals surface area (Å²) < 4.78 is 10.6. The third-order valence-electron chi connectivity index (χ3n) is 3.61. The summed E-state index contributed by atoms with van der Waals surface area (Å²) in [7, 11) is 0. The highest BCUT2D eigenvalue weighted by molar-refractivity contribution is 6.30. The number of amides is 1. The summed E-state index contributed by atoms with van der Waals surface area (Å²) in [4.78, 5) is 11.8. The van der Waals surface area contributed by atoms with Crippen LogP contribution in [0.4, 0.5) is 5.69 Å². The third kappa shape index (κ3) is 5.37. The van der Waals surface area contributed by atoms with Crippen LogP contribution in [-0.2, 0) is 4.79 Å². The topological polar surface area (TPSA) is 59.6 Å². The van der Waals surface area contributed by atoms with Gasteiger partial charge in [0.1, 0.15) is 0 Å². The van der Waals surface area contributed by atoms with Gasteiger partial charge in [-0.05, 0) is 42.0 Å². The van der Waals surface area contributed by atoms with Gasteiger partial charge in [-0.2, -0.15) is 0 Å². The molecular weight excluding hydrogens is 352 g/mol. The van der Waals surface area contributed by atoms with Gasteiger partial charge in [0.25, 0.3) is 0 Å². The molecule has 0 saturated heterocycles. The molecular formula is C20H19ClN2O3. The van der Waals surface area contributed by atoms with Gasteiger partial charge in [0, 0.05) is 17.3 Å². The molecule has 0 aromatic heterocycles. The van der Waals surface area contributed by atoms with Crippen LogP contribution in [0.2, 0.25) is 5.02 Å². The number of halogens is 1. The minimum absolute atomic E-state index is 0.100. The number of carbonyl (C=O) groups is 1. The zero-order valence-electron chi connectivity index (χ0n) is 14.1. The van der Waals surface area contributed by atoms with E-state index in [-0.39, 0.29) is 19.2 Å². The van der Waals surface area contributed by atoms with Gasteiger partial charge < -0.3 is 20.1 Å². The Labute approximate surface area is 157 Å². The normalized spacial score (nSPS) is 12.8. The molecule has 5 nitrogen and oxygen atoms in total. The van der Waals surface area contributed by atoms with Crippen molar-refractivity contribution in [3.05, 3.63) is 71.3 Å². The number of hydrogen-bond acceptors (Lipinski definition) is 4. The summed E-state index contributed by atoms with van der Waals surface area (Å²) in [6, 6.07) is 12.8. The van der Waals surface area contributed by atoms with Gasteiger partial charge in [-0.1, -0.05) is 42.0 Å². The first kappa shape index (κ1) is 18.0. The molecule has 0 radical (unpaired) electrons. The van der Waals surface area contributed by atoms with Crippen LogP contribution in [0, 0.1) is 0 Å². The Balaban J connectivity index is 1.35. The highest BCUT2D eigenvalue weighted by atomic mass is 35.5. The van der Waals surface area contributed by atoms with Crippen molar-refractivity contribution in [1.82, 2.24) is 5.32 Å². The summed E-state index contributed by atoms with van der Waals surface area (Å²) >= 11 is 5.81. The molecule has 1 amide bonds. The number of fused-ring (bicyclic) bond motifs is 1. The molecule has 26 heavy (non-hydrogen) atoms. The van der Waals surface area contributed by atoms with Crippen LogP contribution in [0.15, 0.2) is 60.7 Å². The number of benzene rings is 2. The number of anilines is 1. The first-order valence-corrected chi connectivity index (χ1v) is 8.57. The molecule has 1 aliphatic rings. The molecule has 0 fully saturated rings. The molecule has 2 aromatic carbocycles. The standard InChI is InChI=1S/C20H19ClN2O3/c21-16-6-8-17(9-7-16)23-20(24)13-22-11-3-1-2-4-15-5-10-18-19(12-15)26-14-25-18/h1-10,12,22H,11,13-14H2,(H,23,24)/b3-1+,4-2+. The lowest BCUT2D eigenvalue weighted by Gasteiger charge is -2.05. The quantitative estimate of drug-likeness (QED) is 0.574. The van der Waals surface area contributed by atoms with E-state index in [0.717, 1.165) is 22.7 Å². The van der Waals surface area contributed by atoms with Crippen molar-refractivity contribution in [2.24, 2.45) is 0 Å². The maximum absolute atomic E-state index is 11.8. The molecule has 1 aliphatic heterocycles. The summed E-state index contributed by atoms with van der Waals surface area (Å²) in [6.07, 6.45) is 7.78. The van der Waals surface area contributed by atoms with Crippen molar-refractivity contribution in [2.75, 3.05) is 25.2 Å². The molecule has 6 heteroatoms. The van der Waals surface area contributed by atoms with Gasteiger partial charge in [-0.25, -0.2) is 0 Å². The molecule has 1 heterocycles. The maximum atomic E-state index is 11.8. The van der Waals surface area contributed by atoms with Crippen molar-refractivity contribution in [3.8, 4) is 11.5 Å². The Kier molecular flexibility index (Phi) is 6.30. The van der Waals surface area contributed by atoms with E-state index < -0.39 is 0 Å². The van der Waals surface area contributed by atoms with E-state index in [9.17, 15) is 4.79 Å². The fraction of sp³-hybridized carbons (Fsp3) is 0.150. The van der Waals surface area contributed by atoms with Crippen LogP contribution < -0.4 is 20.1 Å². The van der Waals surface area contributed by atoms with Crippen molar-refractivity contribution < 1.29 is 14.3 Å². The maximum Gasteiger partial charge on any atom is 0.238 e. The monoisotopic (exact) mass is 370 g/mol. The van der Waals surface area contributed by atoms with Crippen LogP contribution >= 0.6 is 11.6 Å². The Bertz CT molecular complexity index is 816. The number of rotatable bonds is 7. The lowest BCUT2D eigenvalue weighted by Crippen LogP contribution is -2.28. The number of nitrogens with one attached hydrogen (secondary N) is 2. The third-order valence-corrected chi connectivity index (χ3v) is 3.86. The van der Waals surface area contributed by atoms with Crippen molar-refractivity contribution >= 4 is 29.3 Å². The summed E-state index contributed by atoms with van der Waals surface area (Å²) in [5.74, 6) is 1.44. The average molecular weight is 371 g/mol. The van der Waals surface area contributed by atoms with E-state index in [2.05, 4.69) is 10.6 Å². The van der Waals surface area contributed by atoms with Crippen LogP contribution in [0.5, 0.6) is 11.5 Å². The molecule has 134 valence electrons. The predicted molar refractivity (Wildman–Crippen MR) is 104 cm³/mol. The van der Waals surface area contributed by atoms with Crippen LogP contribution in [0.25, 0.3) is 6.08 Å². The Morgan fingerprint density at radius 3 is 2.73 bits per heavy atom. The number of ether oxygens (including phenoxy) is 2. The first-order chi connectivity index (χ1) is 12.7. The van der Waals surface area contributed by atoms with Crippen LogP contribution in [-0.4, -0.2) is 25.8 Å². The Hall–Kier alpha value is -2.76. The molecule has 2 aromatic rings. The van der Waals surface area contributed by atoms with E-state index in [4.69, 9.17) is 21.1 Å².